The van der Waals surface area contributed by atoms with E-state index in [0.717, 1.165) is 0 Å². The molecule has 0 saturated heterocycles. The average molecular weight is 305 g/mol. The molecule has 0 aliphatic rings. The Balaban J connectivity index is 1.94. The number of halogens is 1. The van der Waals surface area contributed by atoms with Crippen LogP contribution in [0, 0.1) is 0 Å². The zero-order chi connectivity index (χ0) is 15.2. The van der Waals surface area contributed by atoms with Crippen molar-refractivity contribution in [1.82, 2.24) is 10.3 Å². The maximum Gasteiger partial charge on any atom is 0.335 e. The fraction of sp³-hybridized carbons (Fsp3) is 0.133. The molecule has 2 aromatic rings. The van der Waals surface area contributed by atoms with Gasteiger partial charge in [-0.2, -0.15) is 0 Å². The fourth-order valence-corrected chi connectivity index (χ4v) is 1.97. The van der Waals surface area contributed by atoms with Gasteiger partial charge in [0.15, 0.2) is 0 Å². The van der Waals surface area contributed by atoms with Crippen molar-refractivity contribution < 1.29 is 14.7 Å². The number of nitrogens with zero attached hydrogens (tertiary/aromatic N) is 1. The summed E-state index contributed by atoms with van der Waals surface area (Å²) in [4.78, 5) is 26.8. The first-order valence-electron chi connectivity index (χ1n) is 6.29. The second-order valence-corrected chi connectivity index (χ2v) is 4.77. The topological polar surface area (TPSA) is 79.3 Å². The number of carbonyl (C=O) groups excluding carboxylic acids is 1. The third-order valence-corrected chi connectivity index (χ3v) is 3.11. The Labute approximate surface area is 126 Å². The number of hydrogen-bond acceptors (Lipinski definition) is 3. The van der Waals surface area contributed by atoms with Gasteiger partial charge in [-0.15, -0.1) is 0 Å². The maximum atomic E-state index is 11.8. The molecule has 0 atom stereocenters. The molecule has 2 N–H and O–H groups in total. The quantitative estimate of drug-likeness (QED) is 0.889. The highest BCUT2D eigenvalue weighted by atomic mass is 35.5. The Morgan fingerprint density at radius 3 is 2.62 bits per heavy atom. The van der Waals surface area contributed by atoms with Gasteiger partial charge in [0.05, 0.1) is 10.6 Å². The van der Waals surface area contributed by atoms with Gasteiger partial charge in [0, 0.05) is 12.7 Å². The number of aromatic carboxylic acids is 1. The normalized spacial score (nSPS) is 10.1. The molecule has 6 heteroatoms. The van der Waals surface area contributed by atoms with E-state index < -0.39 is 5.97 Å². The summed E-state index contributed by atoms with van der Waals surface area (Å²) in [7, 11) is 0. The highest BCUT2D eigenvalue weighted by Crippen LogP contribution is 2.09. The molecule has 1 amide bonds. The number of nitrogens with one attached hydrogen (secondary N) is 1. The molecule has 21 heavy (non-hydrogen) atoms. The van der Waals surface area contributed by atoms with Gasteiger partial charge in [0.2, 0.25) is 0 Å². The molecule has 0 radical (unpaired) electrons. The molecule has 0 spiro atoms. The zero-order valence-electron chi connectivity index (χ0n) is 11.0. The van der Waals surface area contributed by atoms with Crippen molar-refractivity contribution in [2.24, 2.45) is 0 Å². The third-order valence-electron chi connectivity index (χ3n) is 2.89. The lowest BCUT2D eigenvalue weighted by Gasteiger charge is -2.07. The number of aromatic nitrogens is 1. The van der Waals surface area contributed by atoms with E-state index in [0.29, 0.717) is 23.6 Å². The van der Waals surface area contributed by atoms with E-state index in [1.807, 2.05) is 0 Å². The molecule has 108 valence electrons. The van der Waals surface area contributed by atoms with Crippen LogP contribution in [0.4, 0.5) is 0 Å². The molecule has 0 fully saturated rings. The minimum atomic E-state index is -0.976. The summed E-state index contributed by atoms with van der Waals surface area (Å²) in [5.74, 6) is -1.30. The van der Waals surface area contributed by atoms with Gasteiger partial charge >= 0.3 is 5.97 Å². The molecular formula is C15H13ClN2O3. The van der Waals surface area contributed by atoms with Crippen LogP contribution in [0.3, 0.4) is 0 Å². The number of carboxylic acids is 1. The van der Waals surface area contributed by atoms with Crippen molar-refractivity contribution in [3.63, 3.8) is 0 Å². The minimum absolute atomic E-state index is 0.247. The van der Waals surface area contributed by atoms with Crippen LogP contribution >= 0.6 is 11.6 Å². The summed E-state index contributed by atoms with van der Waals surface area (Å²) in [5.41, 5.74) is 1.19. The van der Waals surface area contributed by atoms with Gasteiger partial charge in [-0.1, -0.05) is 29.8 Å². The number of benzene rings is 1. The van der Waals surface area contributed by atoms with Crippen LogP contribution in [0.5, 0.6) is 0 Å². The van der Waals surface area contributed by atoms with Gasteiger partial charge in [-0.3, -0.25) is 4.79 Å². The van der Waals surface area contributed by atoms with Crippen LogP contribution in [-0.2, 0) is 6.42 Å². The number of hydrogen-bond donors (Lipinski definition) is 2. The van der Waals surface area contributed by atoms with Crippen molar-refractivity contribution >= 4 is 23.5 Å². The molecule has 1 aromatic carbocycles. The Morgan fingerprint density at radius 2 is 1.95 bits per heavy atom. The molecule has 1 aromatic heterocycles. The lowest BCUT2D eigenvalue weighted by Crippen LogP contribution is -2.26. The average Bonchev–Trinajstić information content (AvgIpc) is 2.48. The molecule has 0 aliphatic carbocycles. The molecule has 1 heterocycles. The smallest absolute Gasteiger partial charge is 0.335 e. The lowest BCUT2D eigenvalue weighted by atomic mass is 10.0. The van der Waals surface area contributed by atoms with Crippen LogP contribution in [0.25, 0.3) is 0 Å². The van der Waals surface area contributed by atoms with Crippen LogP contribution in [0.15, 0.2) is 42.6 Å². The number of amides is 1. The number of carbonyl (C=O) groups is 2. The second-order valence-electron chi connectivity index (χ2n) is 4.33. The van der Waals surface area contributed by atoms with E-state index in [9.17, 15) is 9.59 Å². The number of carboxylic acid groups (broad SMARTS) is 1. The van der Waals surface area contributed by atoms with Crippen LogP contribution in [0.1, 0.15) is 26.4 Å². The largest absolute Gasteiger partial charge is 0.478 e. The van der Waals surface area contributed by atoms with E-state index in [1.165, 1.54) is 12.3 Å². The van der Waals surface area contributed by atoms with Crippen molar-refractivity contribution in [2.75, 3.05) is 6.54 Å². The fourth-order valence-electron chi connectivity index (χ4n) is 1.86. The van der Waals surface area contributed by atoms with Crippen molar-refractivity contribution in [3.05, 3.63) is 64.4 Å². The van der Waals surface area contributed by atoms with Gasteiger partial charge in [-0.25, -0.2) is 9.78 Å². The predicted octanol–water partition coefficient (Wildman–Crippen LogP) is 2.41. The predicted molar refractivity (Wildman–Crippen MR) is 78.7 cm³/mol. The Kier molecular flexibility index (Phi) is 4.90. The molecule has 0 aliphatic heterocycles. The first-order chi connectivity index (χ1) is 10.1. The highest BCUT2D eigenvalue weighted by Gasteiger charge is 2.10. The van der Waals surface area contributed by atoms with Gasteiger partial charge in [0.1, 0.15) is 5.69 Å². The van der Waals surface area contributed by atoms with E-state index in [1.54, 1.807) is 30.3 Å². The first kappa shape index (κ1) is 15.0. The molecule has 2 rings (SSSR count). The summed E-state index contributed by atoms with van der Waals surface area (Å²) in [5, 5.41) is 12.2. The van der Waals surface area contributed by atoms with Crippen molar-refractivity contribution in [2.45, 2.75) is 6.42 Å². The molecular weight excluding hydrogens is 292 g/mol. The van der Waals surface area contributed by atoms with Crippen molar-refractivity contribution in [3.8, 4) is 0 Å². The molecule has 0 unspecified atom stereocenters. The van der Waals surface area contributed by atoms with Gasteiger partial charge in [0.25, 0.3) is 5.91 Å². The van der Waals surface area contributed by atoms with Crippen LogP contribution in [-0.4, -0.2) is 28.5 Å². The van der Waals surface area contributed by atoms with E-state index in [4.69, 9.17) is 16.7 Å². The van der Waals surface area contributed by atoms with Gasteiger partial charge < -0.3 is 10.4 Å². The lowest BCUT2D eigenvalue weighted by molar-refractivity contribution is 0.0695. The Bertz CT molecular complexity index is 656. The minimum Gasteiger partial charge on any atom is -0.478 e. The summed E-state index contributed by atoms with van der Waals surface area (Å²) in [6.07, 6.45) is 1.83. The monoisotopic (exact) mass is 304 g/mol. The Hall–Kier alpha value is -2.40. The van der Waals surface area contributed by atoms with Crippen LogP contribution in [0.2, 0.25) is 5.02 Å². The molecule has 0 bridgehead atoms. The standard InChI is InChI=1S/C15H13ClN2O3/c16-11-5-6-13(18-9-11)14(19)17-8-7-10-3-1-2-4-12(10)15(20)21/h1-6,9H,7-8H2,(H,17,19)(H,20,21). The summed E-state index contributed by atoms with van der Waals surface area (Å²) >= 11 is 5.70. The molecule has 0 saturated carbocycles. The first-order valence-corrected chi connectivity index (χ1v) is 6.66. The van der Waals surface area contributed by atoms with Gasteiger partial charge in [-0.05, 0) is 30.2 Å². The highest BCUT2D eigenvalue weighted by molar-refractivity contribution is 6.30. The van der Waals surface area contributed by atoms with E-state index in [2.05, 4.69) is 10.3 Å². The summed E-state index contributed by atoms with van der Waals surface area (Å²) in [6.45, 7) is 0.327. The Morgan fingerprint density at radius 1 is 1.19 bits per heavy atom. The zero-order valence-corrected chi connectivity index (χ0v) is 11.8. The summed E-state index contributed by atoms with van der Waals surface area (Å²) in [6, 6.07) is 9.83. The van der Waals surface area contributed by atoms with Crippen LogP contribution < -0.4 is 5.32 Å². The second kappa shape index (κ2) is 6.85. The maximum absolute atomic E-state index is 11.8. The third kappa shape index (κ3) is 4.03. The summed E-state index contributed by atoms with van der Waals surface area (Å²) < 4.78 is 0. The van der Waals surface area contributed by atoms with E-state index >= 15 is 0 Å². The van der Waals surface area contributed by atoms with E-state index in [-0.39, 0.29) is 17.2 Å². The number of pyridine rings is 1. The van der Waals surface area contributed by atoms with Crippen molar-refractivity contribution in [1.29, 1.82) is 0 Å². The SMILES string of the molecule is O=C(NCCc1ccccc1C(=O)O)c1ccc(Cl)cn1. The number of rotatable bonds is 5. The molecule has 5 nitrogen and oxygen atoms in total.